The Bertz CT molecular complexity index is 387. The molecule has 0 unspecified atom stereocenters. The summed E-state index contributed by atoms with van der Waals surface area (Å²) in [5.74, 6) is 1.11. The molecule has 1 aliphatic carbocycles. The molecule has 120 valence electrons. The van der Waals surface area contributed by atoms with Crippen molar-refractivity contribution in [1.29, 1.82) is 0 Å². The van der Waals surface area contributed by atoms with E-state index in [0.29, 0.717) is 11.2 Å². The predicted molar refractivity (Wildman–Crippen MR) is 86.7 cm³/mol. The van der Waals surface area contributed by atoms with E-state index in [2.05, 4.69) is 33.0 Å². The van der Waals surface area contributed by atoms with Gasteiger partial charge in [-0.15, -0.1) is 0 Å². The van der Waals surface area contributed by atoms with Crippen LogP contribution in [-0.4, -0.2) is 33.5 Å². The Hall–Kier alpha value is -0.0900. The number of hydrogen-bond acceptors (Lipinski definition) is 3. The zero-order valence-corrected chi connectivity index (χ0v) is 14.8. The monoisotopic (exact) mass is 303 g/mol. The molecule has 1 fully saturated rings. The Morgan fingerprint density at radius 3 is 2.15 bits per heavy atom. The Balaban J connectivity index is 2.67. The second-order valence-electron chi connectivity index (χ2n) is 7.80. The van der Waals surface area contributed by atoms with Crippen LogP contribution in [0.4, 0.5) is 0 Å². The molecule has 1 saturated carbocycles. The molecular formula is C16H33NO2S. The van der Waals surface area contributed by atoms with Gasteiger partial charge in [0, 0.05) is 12.8 Å². The highest BCUT2D eigenvalue weighted by Crippen LogP contribution is 2.46. The van der Waals surface area contributed by atoms with Crippen molar-refractivity contribution in [1.82, 2.24) is 5.32 Å². The molecule has 0 amide bonds. The average Bonchev–Trinajstić information content (AvgIpc) is 2.33. The molecule has 0 atom stereocenters. The molecule has 1 N–H and O–H groups in total. The van der Waals surface area contributed by atoms with Crippen molar-refractivity contribution in [3.8, 4) is 0 Å². The van der Waals surface area contributed by atoms with Gasteiger partial charge in [-0.2, -0.15) is 0 Å². The second-order valence-corrected chi connectivity index (χ2v) is 10.1. The van der Waals surface area contributed by atoms with Crippen LogP contribution >= 0.6 is 0 Å². The van der Waals surface area contributed by atoms with Crippen molar-refractivity contribution in [3.05, 3.63) is 0 Å². The van der Waals surface area contributed by atoms with Crippen LogP contribution in [0.1, 0.15) is 59.8 Å². The van der Waals surface area contributed by atoms with E-state index in [1.807, 2.05) is 0 Å². The highest BCUT2D eigenvalue weighted by atomic mass is 32.2. The summed E-state index contributed by atoms with van der Waals surface area (Å²) in [5, 5.41) is 3.45. The summed E-state index contributed by atoms with van der Waals surface area (Å²) < 4.78 is 23.0. The summed E-state index contributed by atoms with van der Waals surface area (Å²) >= 11 is 0. The van der Waals surface area contributed by atoms with E-state index in [4.69, 9.17) is 0 Å². The minimum absolute atomic E-state index is 0.195. The third kappa shape index (κ3) is 5.72. The highest BCUT2D eigenvalue weighted by Gasteiger charge is 2.38. The third-order valence-corrected chi connectivity index (χ3v) is 5.97. The normalized spacial score (nSPS) is 28.6. The Morgan fingerprint density at radius 1 is 1.20 bits per heavy atom. The predicted octanol–water partition coefficient (Wildman–Crippen LogP) is 3.25. The minimum Gasteiger partial charge on any atom is -0.316 e. The van der Waals surface area contributed by atoms with Crippen molar-refractivity contribution in [3.63, 3.8) is 0 Å². The second kappa shape index (κ2) is 6.78. The van der Waals surface area contributed by atoms with Crippen LogP contribution in [0.5, 0.6) is 0 Å². The molecular weight excluding hydrogens is 270 g/mol. The van der Waals surface area contributed by atoms with Crippen molar-refractivity contribution < 1.29 is 8.42 Å². The van der Waals surface area contributed by atoms with Crippen LogP contribution in [0.3, 0.4) is 0 Å². The first-order valence-corrected chi connectivity index (χ1v) is 10.0. The molecule has 1 rings (SSSR count). The van der Waals surface area contributed by atoms with Gasteiger partial charge in [0.1, 0.15) is 9.84 Å². The first kappa shape index (κ1) is 18.0. The summed E-state index contributed by atoms with van der Waals surface area (Å²) in [5.41, 5.74) is 0.571. The number of rotatable bonds is 6. The van der Waals surface area contributed by atoms with Crippen molar-refractivity contribution in [2.75, 3.05) is 25.1 Å². The molecule has 3 nitrogen and oxygen atoms in total. The quantitative estimate of drug-likeness (QED) is 0.819. The van der Waals surface area contributed by atoms with Gasteiger partial charge < -0.3 is 5.32 Å². The summed E-state index contributed by atoms with van der Waals surface area (Å²) in [6, 6.07) is 0. The van der Waals surface area contributed by atoms with E-state index in [-0.39, 0.29) is 5.41 Å². The van der Waals surface area contributed by atoms with Gasteiger partial charge in [0.05, 0.1) is 5.75 Å². The maximum absolute atomic E-state index is 11.5. The lowest BCUT2D eigenvalue weighted by Crippen LogP contribution is -2.40. The largest absolute Gasteiger partial charge is 0.316 e. The van der Waals surface area contributed by atoms with E-state index in [0.717, 1.165) is 38.3 Å². The first-order valence-electron chi connectivity index (χ1n) is 7.96. The SMILES string of the molecule is CCNCC1(CCS(C)(=O)=O)CCC(C(C)(C)C)CC1. The molecule has 20 heavy (non-hydrogen) atoms. The van der Waals surface area contributed by atoms with Gasteiger partial charge >= 0.3 is 0 Å². The molecule has 0 heterocycles. The number of hydrogen-bond donors (Lipinski definition) is 1. The minimum atomic E-state index is -2.86. The first-order chi connectivity index (χ1) is 9.08. The Morgan fingerprint density at radius 2 is 1.75 bits per heavy atom. The molecule has 0 aromatic heterocycles. The third-order valence-electron chi connectivity index (χ3n) is 5.02. The molecule has 0 radical (unpaired) electrons. The fraction of sp³-hybridized carbons (Fsp3) is 1.00. The van der Waals surface area contributed by atoms with Crippen LogP contribution in [-0.2, 0) is 9.84 Å². The number of sulfone groups is 1. The molecule has 0 aromatic rings. The lowest BCUT2D eigenvalue weighted by molar-refractivity contribution is 0.0842. The summed E-state index contributed by atoms with van der Waals surface area (Å²) in [6.45, 7) is 11.0. The van der Waals surface area contributed by atoms with Crippen LogP contribution in [0.15, 0.2) is 0 Å². The molecule has 0 saturated heterocycles. The van der Waals surface area contributed by atoms with Crippen molar-refractivity contribution >= 4 is 9.84 Å². The van der Waals surface area contributed by atoms with Gasteiger partial charge in [-0.25, -0.2) is 8.42 Å². The number of nitrogens with one attached hydrogen (secondary N) is 1. The van der Waals surface area contributed by atoms with Crippen LogP contribution < -0.4 is 5.32 Å². The van der Waals surface area contributed by atoms with Gasteiger partial charge in [-0.3, -0.25) is 0 Å². The van der Waals surface area contributed by atoms with Crippen LogP contribution in [0, 0.1) is 16.7 Å². The smallest absolute Gasteiger partial charge is 0.147 e. The summed E-state index contributed by atoms with van der Waals surface area (Å²) in [6.07, 6.45) is 6.97. The fourth-order valence-corrected chi connectivity index (χ4v) is 4.21. The van der Waals surface area contributed by atoms with E-state index < -0.39 is 9.84 Å². The molecule has 1 aliphatic rings. The van der Waals surface area contributed by atoms with Crippen molar-refractivity contribution in [2.24, 2.45) is 16.7 Å². The van der Waals surface area contributed by atoms with Gasteiger partial charge in [0.2, 0.25) is 0 Å². The van der Waals surface area contributed by atoms with Crippen LogP contribution in [0.25, 0.3) is 0 Å². The maximum atomic E-state index is 11.5. The van der Waals surface area contributed by atoms with E-state index >= 15 is 0 Å². The summed E-state index contributed by atoms with van der Waals surface area (Å²) in [7, 11) is -2.86. The molecule has 4 heteroatoms. The zero-order chi connectivity index (χ0) is 15.4. The van der Waals surface area contributed by atoms with Gasteiger partial charge in [-0.05, 0) is 55.4 Å². The average molecular weight is 304 g/mol. The van der Waals surface area contributed by atoms with Gasteiger partial charge in [-0.1, -0.05) is 27.7 Å². The topological polar surface area (TPSA) is 46.2 Å². The zero-order valence-electron chi connectivity index (χ0n) is 14.0. The lowest BCUT2D eigenvalue weighted by atomic mass is 9.63. The Labute approximate surface area is 125 Å². The van der Waals surface area contributed by atoms with Crippen molar-refractivity contribution in [2.45, 2.75) is 59.8 Å². The summed E-state index contributed by atoms with van der Waals surface area (Å²) in [4.78, 5) is 0. The Kier molecular flexibility index (Phi) is 6.09. The maximum Gasteiger partial charge on any atom is 0.147 e. The van der Waals surface area contributed by atoms with Gasteiger partial charge in [0.15, 0.2) is 0 Å². The standard InChI is InChI=1S/C16H33NO2S/c1-6-17-13-16(11-12-20(5,18)19)9-7-14(8-10-16)15(2,3)4/h14,17H,6-13H2,1-5H3. The lowest BCUT2D eigenvalue weighted by Gasteiger charge is -2.44. The van der Waals surface area contributed by atoms with Gasteiger partial charge in [0.25, 0.3) is 0 Å². The molecule has 0 aromatic carbocycles. The van der Waals surface area contributed by atoms with E-state index in [1.165, 1.54) is 19.1 Å². The van der Waals surface area contributed by atoms with E-state index in [1.54, 1.807) is 0 Å². The van der Waals surface area contributed by atoms with Crippen LogP contribution in [0.2, 0.25) is 0 Å². The fourth-order valence-electron chi connectivity index (χ4n) is 3.40. The molecule has 0 aliphatic heterocycles. The van der Waals surface area contributed by atoms with E-state index in [9.17, 15) is 8.42 Å². The highest BCUT2D eigenvalue weighted by molar-refractivity contribution is 7.90. The molecule has 0 bridgehead atoms. The molecule has 0 spiro atoms.